The van der Waals surface area contributed by atoms with Gasteiger partial charge in [0.15, 0.2) is 11.5 Å². The number of ether oxygens (including phenoxy) is 3. The number of nitrogens with zero attached hydrogens (tertiary/aromatic N) is 1. The molecule has 1 aromatic heterocycles. The molecule has 3 aromatic rings. The van der Waals surface area contributed by atoms with Crippen LogP contribution in [0.3, 0.4) is 0 Å². The molecule has 0 unspecified atom stereocenters. The van der Waals surface area contributed by atoms with Gasteiger partial charge < -0.3 is 19.3 Å². The van der Waals surface area contributed by atoms with E-state index in [1.807, 2.05) is 24.4 Å². The van der Waals surface area contributed by atoms with E-state index in [2.05, 4.69) is 4.98 Å². The maximum atomic E-state index is 9.63. The van der Waals surface area contributed by atoms with E-state index < -0.39 is 0 Å². The van der Waals surface area contributed by atoms with E-state index in [4.69, 9.17) is 14.2 Å². The molecular weight excluding hydrogens is 306 g/mol. The standard InChI is InChI=1S/C19H19NO4/c1-22-17-7-12(8-18(23-2)19(17)24-3)6-13-10-20-11-14-9-15(21)4-5-16(13)14/h4-5,7-11,21H,6H2,1-3H3. The molecular formula is C19H19NO4. The van der Waals surface area contributed by atoms with E-state index >= 15 is 0 Å². The molecule has 1 heterocycles. The first-order valence-corrected chi connectivity index (χ1v) is 7.50. The fourth-order valence-electron chi connectivity index (χ4n) is 2.82. The Balaban J connectivity index is 2.05. The highest BCUT2D eigenvalue weighted by molar-refractivity contribution is 5.86. The molecule has 1 N–H and O–H groups in total. The Hall–Kier alpha value is -2.95. The van der Waals surface area contributed by atoms with Crippen LogP contribution in [0, 0.1) is 0 Å². The predicted molar refractivity (Wildman–Crippen MR) is 92.3 cm³/mol. The second-order valence-corrected chi connectivity index (χ2v) is 5.41. The van der Waals surface area contributed by atoms with Crippen molar-refractivity contribution in [1.29, 1.82) is 0 Å². The molecule has 0 atom stereocenters. The van der Waals surface area contributed by atoms with Crippen molar-refractivity contribution in [2.75, 3.05) is 21.3 Å². The number of hydrogen-bond acceptors (Lipinski definition) is 5. The monoisotopic (exact) mass is 325 g/mol. The Bertz CT molecular complexity index is 851. The van der Waals surface area contributed by atoms with E-state index in [-0.39, 0.29) is 5.75 Å². The van der Waals surface area contributed by atoms with Gasteiger partial charge in [-0.15, -0.1) is 0 Å². The van der Waals surface area contributed by atoms with E-state index in [1.54, 1.807) is 39.7 Å². The van der Waals surface area contributed by atoms with E-state index in [0.29, 0.717) is 23.7 Å². The van der Waals surface area contributed by atoms with Crippen LogP contribution in [0.5, 0.6) is 23.0 Å². The number of benzene rings is 2. The van der Waals surface area contributed by atoms with Crippen LogP contribution in [0.15, 0.2) is 42.7 Å². The quantitative estimate of drug-likeness (QED) is 0.777. The first kappa shape index (κ1) is 15.9. The number of fused-ring (bicyclic) bond motifs is 1. The molecule has 124 valence electrons. The van der Waals surface area contributed by atoms with Gasteiger partial charge in [0.2, 0.25) is 5.75 Å². The summed E-state index contributed by atoms with van der Waals surface area (Å²) in [6.45, 7) is 0. The van der Waals surface area contributed by atoms with Crippen molar-refractivity contribution < 1.29 is 19.3 Å². The molecule has 0 aliphatic carbocycles. The number of methoxy groups -OCH3 is 3. The van der Waals surface area contributed by atoms with Crippen LogP contribution in [0.4, 0.5) is 0 Å². The molecule has 2 aromatic carbocycles. The number of pyridine rings is 1. The van der Waals surface area contributed by atoms with Crippen molar-refractivity contribution >= 4 is 10.8 Å². The number of phenols is 1. The third kappa shape index (κ3) is 2.93. The van der Waals surface area contributed by atoms with Crippen molar-refractivity contribution in [1.82, 2.24) is 4.98 Å². The molecule has 0 radical (unpaired) electrons. The lowest BCUT2D eigenvalue weighted by atomic mass is 10.00. The molecule has 24 heavy (non-hydrogen) atoms. The second kappa shape index (κ2) is 6.66. The maximum absolute atomic E-state index is 9.63. The van der Waals surface area contributed by atoms with Crippen molar-refractivity contribution in [3.8, 4) is 23.0 Å². The highest BCUT2D eigenvalue weighted by Crippen LogP contribution is 2.39. The zero-order chi connectivity index (χ0) is 17.1. The first-order chi connectivity index (χ1) is 11.7. The fraction of sp³-hybridized carbons (Fsp3) is 0.211. The number of aromatic hydroxyl groups is 1. The average Bonchev–Trinajstić information content (AvgIpc) is 2.60. The number of aromatic nitrogens is 1. The molecule has 0 spiro atoms. The van der Waals surface area contributed by atoms with Crippen LogP contribution in [0.1, 0.15) is 11.1 Å². The molecule has 5 nitrogen and oxygen atoms in total. The van der Waals surface area contributed by atoms with Gasteiger partial charge in [-0.25, -0.2) is 0 Å². The van der Waals surface area contributed by atoms with Crippen molar-refractivity contribution in [3.05, 3.63) is 53.9 Å². The molecule has 0 amide bonds. The second-order valence-electron chi connectivity index (χ2n) is 5.41. The summed E-state index contributed by atoms with van der Waals surface area (Å²) in [5.41, 5.74) is 2.08. The lowest BCUT2D eigenvalue weighted by Gasteiger charge is -2.14. The summed E-state index contributed by atoms with van der Waals surface area (Å²) in [5, 5.41) is 11.6. The van der Waals surface area contributed by atoms with Gasteiger partial charge in [0.1, 0.15) is 5.75 Å². The van der Waals surface area contributed by atoms with Gasteiger partial charge >= 0.3 is 0 Å². The molecule has 0 saturated heterocycles. The minimum Gasteiger partial charge on any atom is -0.508 e. The van der Waals surface area contributed by atoms with Gasteiger partial charge in [0.05, 0.1) is 21.3 Å². The Morgan fingerprint density at radius 3 is 2.25 bits per heavy atom. The fourth-order valence-corrected chi connectivity index (χ4v) is 2.82. The zero-order valence-corrected chi connectivity index (χ0v) is 13.9. The number of phenolic OH excluding ortho intramolecular Hbond substituents is 1. The highest BCUT2D eigenvalue weighted by atomic mass is 16.5. The van der Waals surface area contributed by atoms with Gasteiger partial charge in [-0.3, -0.25) is 4.98 Å². The van der Waals surface area contributed by atoms with Crippen molar-refractivity contribution in [2.45, 2.75) is 6.42 Å². The molecule has 0 aliphatic rings. The zero-order valence-electron chi connectivity index (χ0n) is 13.9. The maximum Gasteiger partial charge on any atom is 0.203 e. The van der Waals surface area contributed by atoms with Crippen molar-refractivity contribution in [3.63, 3.8) is 0 Å². The van der Waals surface area contributed by atoms with Crippen LogP contribution in [-0.4, -0.2) is 31.4 Å². The minimum absolute atomic E-state index is 0.231. The van der Waals surface area contributed by atoms with Gasteiger partial charge in [-0.1, -0.05) is 6.07 Å². The Morgan fingerprint density at radius 1 is 0.917 bits per heavy atom. The predicted octanol–water partition coefficient (Wildman–Crippen LogP) is 3.56. The summed E-state index contributed by atoms with van der Waals surface area (Å²) in [6.07, 6.45) is 4.24. The molecule has 0 saturated carbocycles. The SMILES string of the molecule is COc1cc(Cc2cncc3cc(O)ccc23)cc(OC)c1OC. The van der Waals surface area contributed by atoms with Crippen LogP contribution < -0.4 is 14.2 Å². The van der Waals surface area contributed by atoms with Crippen LogP contribution in [0.25, 0.3) is 10.8 Å². The summed E-state index contributed by atoms with van der Waals surface area (Å²) in [6, 6.07) is 9.16. The third-order valence-corrected chi connectivity index (χ3v) is 3.94. The molecule has 0 bridgehead atoms. The topological polar surface area (TPSA) is 60.8 Å². The van der Waals surface area contributed by atoms with E-state index in [0.717, 1.165) is 21.9 Å². The summed E-state index contributed by atoms with van der Waals surface area (Å²) < 4.78 is 16.2. The molecule has 0 fully saturated rings. The van der Waals surface area contributed by atoms with Crippen LogP contribution in [-0.2, 0) is 6.42 Å². The highest BCUT2D eigenvalue weighted by Gasteiger charge is 2.14. The van der Waals surface area contributed by atoms with E-state index in [1.165, 1.54) is 0 Å². The summed E-state index contributed by atoms with van der Waals surface area (Å²) >= 11 is 0. The first-order valence-electron chi connectivity index (χ1n) is 7.50. The lowest BCUT2D eigenvalue weighted by Crippen LogP contribution is -1.98. The normalized spacial score (nSPS) is 10.6. The Morgan fingerprint density at radius 2 is 1.62 bits per heavy atom. The molecule has 3 rings (SSSR count). The third-order valence-electron chi connectivity index (χ3n) is 3.94. The molecule has 0 aliphatic heterocycles. The lowest BCUT2D eigenvalue weighted by molar-refractivity contribution is 0.324. The largest absolute Gasteiger partial charge is 0.508 e. The summed E-state index contributed by atoms with van der Waals surface area (Å²) in [5.74, 6) is 2.05. The Labute approximate surface area is 140 Å². The average molecular weight is 325 g/mol. The number of rotatable bonds is 5. The Kier molecular flexibility index (Phi) is 4.42. The van der Waals surface area contributed by atoms with Crippen LogP contribution in [0.2, 0.25) is 0 Å². The van der Waals surface area contributed by atoms with Gasteiger partial charge in [-0.05, 0) is 47.2 Å². The minimum atomic E-state index is 0.231. The summed E-state index contributed by atoms with van der Waals surface area (Å²) in [4.78, 5) is 4.27. The molecule has 5 heteroatoms. The van der Waals surface area contributed by atoms with Crippen LogP contribution >= 0.6 is 0 Å². The van der Waals surface area contributed by atoms with Crippen molar-refractivity contribution in [2.24, 2.45) is 0 Å². The van der Waals surface area contributed by atoms with Gasteiger partial charge in [0.25, 0.3) is 0 Å². The number of hydrogen-bond donors (Lipinski definition) is 1. The smallest absolute Gasteiger partial charge is 0.203 e. The van der Waals surface area contributed by atoms with E-state index in [9.17, 15) is 5.11 Å². The van der Waals surface area contributed by atoms with Gasteiger partial charge in [0, 0.05) is 17.8 Å². The van der Waals surface area contributed by atoms with Gasteiger partial charge in [-0.2, -0.15) is 0 Å². The summed E-state index contributed by atoms with van der Waals surface area (Å²) in [7, 11) is 4.79.